The molecule has 1 aliphatic rings. The standard InChI is InChI=1S/C25H32N4O2/c1-2-28-15-17-29(18-16-28)14-6-13-26-25(30)21-10-11-22-23(19-21)31-24(27-22)12-9-20-7-4-3-5-8-20/h3-5,7-8,10-11,19H,2,6,9,12-18H2,1H3,(H,26,30). The number of piperazine rings is 1. The molecule has 1 aromatic heterocycles. The molecular weight excluding hydrogens is 388 g/mol. The van der Waals surface area contributed by atoms with Crippen molar-refractivity contribution in [3.8, 4) is 0 Å². The number of oxazole rings is 1. The summed E-state index contributed by atoms with van der Waals surface area (Å²) < 4.78 is 5.90. The van der Waals surface area contributed by atoms with Gasteiger partial charge in [-0.2, -0.15) is 0 Å². The average molecular weight is 421 g/mol. The van der Waals surface area contributed by atoms with E-state index in [1.807, 2.05) is 30.3 Å². The highest BCUT2D eigenvalue weighted by Gasteiger charge is 2.15. The number of rotatable bonds is 9. The molecule has 0 aliphatic carbocycles. The van der Waals surface area contributed by atoms with Gasteiger partial charge in [0.1, 0.15) is 5.52 Å². The van der Waals surface area contributed by atoms with Crippen LogP contribution in [0.1, 0.15) is 35.2 Å². The number of fused-ring (bicyclic) bond motifs is 1. The van der Waals surface area contributed by atoms with E-state index >= 15 is 0 Å². The molecule has 2 aromatic carbocycles. The van der Waals surface area contributed by atoms with Crippen molar-refractivity contribution in [1.82, 2.24) is 20.1 Å². The van der Waals surface area contributed by atoms with Gasteiger partial charge < -0.3 is 19.5 Å². The summed E-state index contributed by atoms with van der Waals surface area (Å²) >= 11 is 0. The molecule has 2 heterocycles. The molecule has 0 atom stereocenters. The van der Waals surface area contributed by atoms with Gasteiger partial charge in [-0.05, 0) is 49.7 Å². The number of aryl methyl sites for hydroxylation is 2. The Hall–Kier alpha value is -2.70. The van der Waals surface area contributed by atoms with Crippen LogP contribution in [0.2, 0.25) is 0 Å². The first-order valence-corrected chi connectivity index (χ1v) is 11.4. The third kappa shape index (κ3) is 5.93. The van der Waals surface area contributed by atoms with Gasteiger partial charge in [-0.25, -0.2) is 4.98 Å². The largest absolute Gasteiger partial charge is 0.441 e. The summed E-state index contributed by atoms with van der Waals surface area (Å²) in [4.78, 5) is 22.1. The van der Waals surface area contributed by atoms with E-state index in [1.54, 1.807) is 6.07 Å². The van der Waals surface area contributed by atoms with Crippen molar-refractivity contribution in [3.05, 3.63) is 65.5 Å². The predicted molar refractivity (Wildman–Crippen MR) is 123 cm³/mol. The van der Waals surface area contributed by atoms with Crippen LogP contribution >= 0.6 is 0 Å². The highest BCUT2D eigenvalue weighted by Crippen LogP contribution is 2.19. The Balaban J connectivity index is 1.24. The molecule has 0 bridgehead atoms. The van der Waals surface area contributed by atoms with Crippen LogP contribution in [-0.4, -0.2) is 66.5 Å². The van der Waals surface area contributed by atoms with Crippen molar-refractivity contribution in [2.75, 3.05) is 45.8 Å². The van der Waals surface area contributed by atoms with Crippen LogP contribution in [0.5, 0.6) is 0 Å². The molecule has 1 fully saturated rings. The van der Waals surface area contributed by atoms with Gasteiger partial charge in [0.2, 0.25) is 0 Å². The van der Waals surface area contributed by atoms with Gasteiger partial charge >= 0.3 is 0 Å². The van der Waals surface area contributed by atoms with Crippen LogP contribution in [0, 0.1) is 0 Å². The molecule has 164 valence electrons. The van der Waals surface area contributed by atoms with Crippen molar-refractivity contribution in [2.45, 2.75) is 26.2 Å². The van der Waals surface area contributed by atoms with Crippen LogP contribution in [0.3, 0.4) is 0 Å². The number of hydrogen-bond donors (Lipinski definition) is 1. The number of carbonyl (C=O) groups excluding carboxylic acids is 1. The average Bonchev–Trinajstić information content (AvgIpc) is 3.23. The van der Waals surface area contributed by atoms with Crippen LogP contribution in [0.25, 0.3) is 11.1 Å². The Bertz CT molecular complexity index is 978. The molecule has 1 N–H and O–H groups in total. The number of nitrogens with one attached hydrogen (secondary N) is 1. The number of likely N-dealkylation sites (N-methyl/N-ethyl adjacent to an activating group) is 1. The van der Waals surface area contributed by atoms with E-state index in [-0.39, 0.29) is 5.91 Å². The summed E-state index contributed by atoms with van der Waals surface area (Å²) in [6.07, 6.45) is 2.59. The SMILES string of the molecule is CCN1CCN(CCCNC(=O)c2ccc3nc(CCc4ccccc4)oc3c2)CC1. The summed E-state index contributed by atoms with van der Waals surface area (Å²) in [6, 6.07) is 15.8. The van der Waals surface area contributed by atoms with E-state index in [0.717, 1.165) is 64.0 Å². The van der Waals surface area contributed by atoms with Crippen molar-refractivity contribution >= 4 is 17.0 Å². The molecule has 31 heavy (non-hydrogen) atoms. The quantitative estimate of drug-likeness (QED) is 0.538. The first kappa shape index (κ1) is 21.5. The molecule has 0 radical (unpaired) electrons. The second-order valence-electron chi connectivity index (χ2n) is 8.16. The van der Waals surface area contributed by atoms with Gasteiger partial charge in [-0.15, -0.1) is 0 Å². The zero-order valence-corrected chi connectivity index (χ0v) is 18.3. The fourth-order valence-electron chi connectivity index (χ4n) is 4.05. The Morgan fingerprint density at radius 1 is 1.03 bits per heavy atom. The molecule has 6 nitrogen and oxygen atoms in total. The maximum Gasteiger partial charge on any atom is 0.251 e. The van der Waals surface area contributed by atoms with E-state index in [1.165, 1.54) is 5.56 Å². The van der Waals surface area contributed by atoms with Gasteiger partial charge in [0, 0.05) is 44.7 Å². The van der Waals surface area contributed by atoms with E-state index in [9.17, 15) is 4.79 Å². The van der Waals surface area contributed by atoms with E-state index in [4.69, 9.17) is 4.42 Å². The molecule has 1 aliphatic heterocycles. The summed E-state index contributed by atoms with van der Waals surface area (Å²) in [6.45, 7) is 9.60. The molecule has 3 aromatic rings. The van der Waals surface area contributed by atoms with Crippen molar-refractivity contribution in [2.24, 2.45) is 0 Å². The summed E-state index contributed by atoms with van der Waals surface area (Å²) in [5, 5.41) is 3.04. The van der Waals surface area contributed by atoms with Gasteiger partial charge in [0.25, 0.3) is 5.91 Å². The topological polar surface area (TPSA) is 61.6 Å². The lowest BCUT2D eigenvalue weighted by molar-refractivity contribution is 0.0948. The zero-order valence-electron chi connectivity index (χ0n) is 18.3. The number of benzene rings is 2. The lowest BCUT2D eigenvalue weighted by Crippen LogP contribution is -2.46. The number of aromatic nitrogens is 1. The molecule has 0 spiro atoms. The third-order valence-corrected chi connectivity index (χ3v) is 6.01. The fraction of sp³-hybridized carbons (Fsp3) is 0.440. The normalized spacial score (nSPS) is 15.4. The van der Waals surface area contributed by atoms with Gasteiger partial charge in [-0.1, -0.05) is 37.3 Å². The molecule has 1 amide bonds. The molecule has 4 rings (SSSR count). The smallest absolute Gasteiger partial charge is 0.251 e. The number of nitrogens with zero attached hydrogens (tertiary/aromatic N) is 3. The molecule has 0 unspecified atom stereocenters. The summed E-state index contributed by atoms with van der Waals surface area (Å²) in [5.41, 5.74) is 3.35. The predicted octanol–water partition coefficient (Wildman–Crippen LogP) is 3.37. The lowest BCUT2D eigenvalue weighted by atomic mass is 10.1. The monoisotopic (exact) mass is 420 g/mol. The minimum absolute atomic E-state index is 0.0556. The van der Waals surface area contributed by atoms with Gasteiger partial charge in [-0.3, -0.25) is 4.79 Å². The Kier molecular flexibility index (Phi) is 7.33. The summed E-state index contributed by atoms with van der Waals surface area (Å²) in [7, 11) is 0. The number of amides is 1. The number of carbonyl (C=O) groups is 1. The highest BCUT2D eigenvalue weighted by molar-refractivity contribution is 5.96. The summed E-state index contributed by atoms with van der Waals surface area (Å²) in [5.74, 6) is 0.652. The minimum Gasteiger partial charge on any atom is -0.441 e. The van der Waals surface area contributed by atoms with Crippen molar-refractivity contribution in [1.29, 1.82) is 0 Å². The van der Waals surface area contributed by atoms with Crippen LogP contribution in [-0.2, 0) is 12.8 Å². The van der Waals surface area contributed by atoms with E-state index < -0.39 is 0 Å². The second-order valence-corrected chi connectivity index (χ2v) is 8.16. The lowest BCUT2D eigenvalue weighted by Gasteiger charge is -2.33. The molecule has 6 heteroatoms. The second kappa shape index (κ2) is 10.6. The molecular formula is C25H32N4O2. The van der Waals surface area contributed by atoms with E-state index in [0.29, 0.717) is 23.6 Å². The van der Waals surface area contributed by atoms with Crippen molar-refractivity contribution < 1.29 is 9.21 Å². The fourth-order valence-corrected chi connectivity index (χ4v) is 4.05. The molecule has 1 saturated heterocycles. The maximum atomic E-state index is 12.5. The highest BCUT2D eigenvalue weighted by atomic mass is 16.3. The Labute approximate surface area is 184 Å². The van der Waals surface area contributed by atoms with Gasteiger partial charge in [0.15, 0.2) is 11.5 Å². The zero-order chi connectivity index (χ0) is 21.5. The van der Waals surface area contributed by atoms with Crippen molar-refractivity contribution in [3.63, 3.8) is 0 Å². The van der Waals surface area contributed by atoms with Gasteiger partial charge in [0.05, 0.1) is 0 Å². The first-order chi connectivity index (χ1) is 15.2. The number of hydrogen-bond acceptors (Lipinski definition) is 5. The Morgan fingerprint density at radius 2 is 1.81 bits per heavy atom. The Morgan fingerprint density at radius 3 is 2.58 bits per heavy atom. The first-order valence-electron chi connectivity index (χ1n) is 11.4. The van der Waals surface area contributed by atoms with Crippen LogP contribution in [0.4, 0.5) is 0 Å². The van der Waals surface area contributed by atoms with Crippen LogP contribution < -0.4 is 5.32 Å². The van der Waals surface area contributed by atoms with E-state index in [2.05, 4.69) is 39.2 Å². The molecule has 0 saturated carbocycles. The minimum atomic E-state index is -0.0556. The third-order valence-electron chi connectivity index (χ3n) is 6.01. The van der Waals surface area contributed by atoms with Crippen LogP contribution in [0.15, 0.2) is 52.9 Å². The maximum absolute atomic E-state index is 12.5.